The maximum atomic E-state index is 13.1. The first-order valence-electron chi connectivity index (χ1n) is 9.23. The Morgan fingerprint density at radius 1 is 1.14 bits per heavy atom. The molecule has 1 spiro atoms. The molecule has 2 aliphatic rings. The lowest BCUT2D eigenvalue weighted by Crippen LogP contribution is -2.47. The molecule has 2 aromatic carbocycles. The van der Waals surface area contributed by atoms with Crippen molar-refractivity contribution in [1.29, 1.82) is 0 Å². The predicted octanol–water partition coefficient (Wildman–Crippen LogP) is 2.23. The van der Waals surface area contributed by atoms with E-state index >= 15 is 0 Å². The highest BCUT2D eigenvalue weighted by Gasteiger charge is 2.54. The fourth-order valence-electron chi connectivity index (χ4n) is 3.96. The smallest absolute Gasteiger partial charge is 0.325 e. The first kappa shape index (κ1) is 18.2. The number of urea groups is 1. The van der Waals surface area contributed by atoms with Crippen molar-refractivity contribution in [2.24, 2.45) is 0 Å². The number of nitrogens with zero attached hydrogens (tertiary/aromatic N) is 1. The molecule has 1 aliphatic carbocycles. The second kappa shape index (κ2) is 7.07. The molecule has 4 rings (SSSR count). The van der Waals surface area contributed by atoms with Crippen LogP contribution in [0.1, 0.15) is 29.5 Å². The van der Waals surface area contributed by atoms with E-state index in [-0.39, 0.29) is 24.8 Å². The van der Waals surface area contributed by atoms with Gasteiger partial charge in [-0.25, -0.2) is 9.18 Å². The molecule has 1 aliphatic heterocycles. The fraction of sp³-hybridized carbons (Fsp3) is 0.286. The van der Waals surface area contributed by atoms with Crippen LogP contribution in [0.4, 0.5) is 9.18 Å². The molecular formula is C21H20FN3O3. The number of nitrogens with one attached hydrogen (secondary N) is 2. The predicted molar refractivity (Wildman–Crippen MR) is 99.5 cm³/mol. The van der Waals surface area contributed by atoms with Gasteiger partial charge in [0.15, 0.2) is 0 Å². The summed E-state index contributed by atoms with van der Waals surface area (Å²) in [4.78, 5) is 38.9. The van der Waals surface area contributed by atoms with Crippen LogP contribution in [0.25, 0.3) is 0 Å². The van der Waals surface area contributed by atoms with Gasteiger partial charge < -0.3 is 10.6 Å². The standard InChI is InChI=1S/C21H20FN3O3/c22-16-9-7-14(8-10-16)12-23-18(26)13-25-19(27)21(24-20(25)28)11-3-5-15-4-1-2-6-17(15)21/h1-2,4,6-10H,3,5,11-13H2,(H,23,26)(H,24,28)/t21-/m0/s1. The number of imide groups is 1. The average Bonchev–Trinajstić information content (AvgIpc) is 2.93. The molecule has 7 heteroatoms. The number of amides is 4. The van der Waals surface area contributed by atoms with E-state index in [0.717, 1.165) is 34.4 Å². The fourth-order valence-corrected chi connectivity index (χ4v) is 3.96. The van der Waals surface area contributed by atoms with E-state index in [1.165, 1.54) is 12.1 Å². The number of benzene rings is 2. The average molecular weight is 381 g/mol. The van der Waals surface area contributed by atoms with Crippen molar-refractivity contribution in [2.45, 2.75) is 31.3 Å². The SMILES string of the molecule is O=C(CN1C(=O)N[C@]2(CCCc3ccccc32)C1=O)NCc1ccc(F)cc1. The van der Waals surface area contributed by atoms with E-state index in [0.29, 0.717) is 6.42 Å². The van der Waals surface area contributed by atoms with Gasteiger partial charge in [-0.05, 0) is 48.1 Å². The van der Waals surface area contributed by atoms with Gasteiger partial charge in [-0.3, -0.25) is 14.5 Å². The molecule has 0 radical (unpaired) electrons. The molecule has 2 aromatic rings. The number of rotatable bonds is 4. The molecule has 4 amide bonds. The summed E-state index contributed by atoms with van der Waals surface area (Å²) in [5, 5.41) is 5.49. The topological polar surface area (TPSA) is 78.5 Å². The first-order chi connectivity index (χ1) is 13.5. The molecule has 1 atom stereocenters. The van der Waals surface area contributed by atoms with Gasteiger partial charge >= 0.3 is 6.03 Å². The third-order valence-corrected chi connectivity index (χ3v) is 5.36. The molecule has 6 nitrogen and oxygen atoms in total. The second-order valence-electron chi connectivity index (χ2n) is 7.14. The lowest BCUT2D eigenvalue weighted by Gasteiger charge is -2.33. The van der Waals surface area contributed by atoms with Crippen molar-refractivity contribution < 1.29 is 18.8 Å². The molecule has 0 saturated carbocycles. The molecule has 28 heavy (non-hydrogen) atoms. The molecule has 144 valence electrons. The summed E-state index contributed by atoms with van der Waals surface area (Å²) in [6.45, 7) is -0.160. The summed E-state index contributed by atoms with van der Waals surface area (Å²) in [7, 11) is 0. The van der Waals surface area contributed by atoms with E-state index < -0.39 is 17.5 Å². The van der Waals surface area contributed by atoms with Crippen molar-refractivity contribution in [1.82, 2.24) is 15.5 Å². The largest absolute Gasteiger partial charge is 0.350 e. The van der Waals surface area contributed by atoms with Crippen molar-refractivity contribution >= 4 is 17.8 Å². The summed E-state index contributed by atoms with van der Waals surface area (Å²) in [6, 6.07) is 12.8. The van der Waals surface area contributed by atoms with Gasteiger partial charge in [0.2, 0.25) is 5.91 Å². The number of hydrogen-bond acceptors (Lipinski definition) is 3. The summed E-state index contributed by atoms with van der Waals surface area (Å²) < 4.78 is 12.9. The van der Waals surface area contributed by atoms with Crippen LogP contribution in [0.2, 0.25) is 0 Å². The highest BCUT2D eigenvalue weighted by atomic mass is 19.1. The summed E-state index contributed by atoms with van der Waals surface area (Å²) >= 11 is 0. The zero-order valence-corrected chi connectivity index (χ0v) is 15.2. The quantitative estimate of drug-likeness (QED) is 0.798. The Labute approximate surface area is 161 Å². The van der Waals surface area contributed by atoms with Gasteiger partial charge in [-0.15, -0.1) is 0 Å². The summed E-state index contributed by atoms with van der Waals surface area (Å²) in [5.41, 5.74) is 1.51. The van der Waals surface area contributed by atoms with Gasteiger partial charge in [0.05, 0.1) is 0 Å². The van der Waals surface area contributed by atoms with Gasteiger partial charge in [0.1, 0.15) is 17.9 Å². The van der Waals surface area contributed by atoms with Crippen LogP contribution in [0.15, 0.2) is 48.5 Å². The van der Waals surface area contributed by atoms with E-state index in [1.807, 2.05) is 24.3 Å². The normalized spacial score (nSPS) is 20.8. The van der Waals surface area contributed by atoms with Crippen molar-refractivity contribution in [3.05, 3.63) is 71.0 Å². The Kier molecular flexibility index (Phi) is 4.58. The minimum atomic E-state index is -1.08. The van der Waals surface area contributed by atoms with Crippen molar-refractivity contribution in [2.75, 3.05) is 6.54 Å². The van der Waals surface area contributed by atoms with Crippen LogP contribution in [-0.2, 0) is 28.1 Å². The van der Waals surface area contributed by atoms with Crippen LogP contribution in [0.3, 0.4) is 0 Å². The molecule has 1 fully saturated rings. The Bertz CT molecular complexity index is 944. The highest BCUT2D eigenvalue weighted by molar-refractivity contribution is 6.09. The maximum absolute atomic E-state index is 13.1. The lowest BCUT2D eigenvalue weighted by molar-refractivity contribution is -0.135. The Hall–Kier alpha value is -3.22. The molecule has 2 N–H and O–H groups in total. The maximum Gasteiger partial charge on any atom is 0.325 e. The molecule has 0 aromatic heterocycles. The number of hydrogen-bond donors (Lipinski definition) is 2. The monoisotopic (exact) mass is 381 g/mol. The minimum absolute atomic E-state index is 0.191. The van der Waals surface area contributed by atoms with E-state index in [1.54, 1.807) is 12.1 Å². The summed E-state index contributed by atoms with van der Waals surface area (Å²) in [6.07, 6.45) is 2.16. The number of carbonyl (C=O) groups is 3. The van der Waals surface area contributed by atoms with E-state index in [9.17, 15) is 18.8 Å². The van der Waals surface area contributed by atoms with Gasteiger partial charge in [0.25, 0.3) is 5.91 Å². The highest BCUT2D eigenvalue weighted by Crippen LogP contribution is 2.39. The van der Waals surface area contributed by atoms with Gasteiger partial charge in [-0.2, -0.15) is 0 Å². The van der Waals surface area contributed by atoms with E-state index in [4.69, 9.17) is 0 Å². The Balaban J connectivity index is 1.46. The van der Waals surface area contributed by atoms with Crippen molar-refractivity contribution in [3.8, 4) is 0 Å². The zero-order chi connectivity index (χ0) is 19.7. The molecule has 1 saturated heterocycles. The van der Waals surface area contributed by atoms with Crippen LogP contribution < -0.4 is 10.6 Å². The Morgan fingerprint density at radius 2 is 1.89 bits per heavy atom. The number of aryl methyl sites for hydroxylation is 1. The van der Waals surface area contributed by atoms with Gasteiger partial charge in [0, 0.05) is 6.54 Å². The zero-order valence-electron chi connectivity index (χ0n) is 15.2. The third-order valence-electron chi connectivity index (χ3n) is 5.36. The molecule has 1 heterocycles. The number of halogens is 1. The summed E-state index contributed by atoms with van der Waals surface area (Å²) in [5.74, 6) is -1.19. The number of fused-ring (bicyclic) bond motifs is 2. The Morgan fingerprint density at radius 3 is 2.68 bits per heavy atom. The molecular weight excluding hydrogens is 361 g/mol. The molecule has 0 unspecified atom stereocenters. The van der Waals surface area contributed by atoms with E-state index in [2.05, 4.69) is 10.6 Å². The number of carbonyl (C=O) groups excluding carboxylic acids is 3. The van der Waals surface area contributed by atoms with Crippen molar-refractivity contribution in [3.63, 3.8) is 0 Å². The first-order valence-corrected chi connectivity index (χ1v) is 9.23. The van der Waals surface area contributed by atoms with Crippen LogP contribution >= 0.6 is 0 Å². The second-order valence-corrected chi connectivity index (χ2v) is 7.14. The van der Waals surface area contributed by atoms with Crippen LogP contribution in [0.5, 0.6) is 0 Å². The molecule has 0 bridgehead atoms. The van der Waals surface area contributed by atoms with Crippen LogP contribution in [0, 0.1) is 5.82 Å². The minimum Gasteiger partial charge on any atom is -0.350 e. The van der Waals surface area contributed by atoms with Crippen LogP contribution in [-0.4, -0.2) is 29.3 Å². The third kappa shape index (κ3) is 3.13. The van der Waals surface area contributed by atoms with Gasteiger partial charge in [-0.1, -0.05) is 36.4 Å². The lowest BCUT2D eigenvalue weighted by atomic mass is 9.76.